The number of ether oxygens (including phenoxy) is 1. The SMILES string of the molecule is C[C@]1(c2cc(C#Cc3ccc(C#N)cn3)cs2)C[C@@H](C(F)(F)F)OC(N)=N1. The van der Waals surface area contributed by atoms with E-state index in [2.05, 4.69) is 26.6 Å². The Bertz CT molecular complexity index is 979. The van der Waals surface area contributed by atoms with E-state index >= 15 is 0 Å². The fourth-order valence-corrected chi connectivity index (χ4v) is 3.51. The Hall–Kier alpha value is -3.04. The van der Waals surface area contributed by atoms with Crippen molar-refractivity contribution in [3.63, 3.8) is 0 Å². The van der Waals surface area contributed by atoms with Gasteiger partial charge in [-0.3, -0.25) is 0 Å². The van der Waals surface area contributed by atoms with Crippen molar-refractivity contribution >= 4 is 17.4 Å². The molecule has 0 unspecified atom stereocenters. The van der Waals surface area contributed by atoms with Crippen LogP contribution < -0.4 is 5.73 Å². The molecular weight excluding hydrogens is 377 g/mol. The molecule has 2 aromatic rings. The Kier molecular flexibility index (Phi) is 4.81. The van der Waals surface area contributed by atoms with Crippen LogP contribution in [-0.2, 0) is 10.3 Å². The van der Waals surface area contributed by atoms with Crippen LogP contribution in [-0.4, -0.2) is 23.3 Å². The number of amidine groups is 1. The fourth-order valence-electron chi connectivity index (χ4n) is 2.56. The van der Waals surface area contributed by atoms with Crippen LogP contribution >= 0.6 is 11.3 Å². The summed E-state index contributed by atoms with van der Waals surface area (Å²) in [5.41, 5.74) is 5.88. The number of hydrogen-bond donors (Lipinski definition) is 1. The van der Waals surface area contributed by atoms with Gasteiger partial charge in [0.25, 0.3) is 6.02 Å². The van der Waals surface area contributed by atoms with Gasteiger partial charge < -0.3 is 10.5 Å². The second kappa shape index (κ2) is 6.93. The Morgan fingerprint density at radius 3 is 2.74 bits per heavy atom. The summed E-state index contributed by atoms with van der Waals surface area (Å²) < 4.78 is 43.8. The molecule has 1 aliphatic heterocycles. The van der Waals surface area contributed by atoms with Crippen molar-refractivity contribution in [1.29, 1.82) is 5.26 Å². The molecule has 2 N–H and O–H groups in total. The molecule has 0 radical (unpaired) electrons. The van der Waals surface area contributed by atoms with Gasteiger partial charge in [-0.2, -0.15) is 18.4 Å². The molecule has 0 aliphatic carbocycles. The molecule has 0 amide bonds. The number of rotatable bonds is 1. The number of nitriles is 1. The first kappa shape index (κ1) is 18.7. The van der Waals surface area contributed by atoms with E-state index in [4.69, 9.17) is 11.0 Å². The molecule has 0 fully saturated rings. The van der Waals surface area contributed by atoms with Gasteiger partial charge in [-0.05, 0) is 31.0 Å². The van der Waals surface area contributed by atoms with Crippen LogP contribution in [0.15, 0.2) is 34.8 Å². The van der Waals surface area contributed by atoms with Crippen LogP contribution in [0.3, 0.4) is 0 Å². The lowest BCUT2D eigenvalue weighted by Gasteiger charge is -2.34. The van der Waals surface area contributed by atoms with Crippen LogP contribution in [0.1, 0.15) is 35.0 Å². The first-order chi connectivity index (χ1) is 12.7. The van der Waals surface area contributed by atoms with Crippen LogP contribution in [0, 0.1) is 23.2 Å². The van der Waals surface area contributed by atoms with Gasteiger partial charge in [-0.1, -0.05) is 5.92 Å². The summed E-state index contributed by atoms with van der Waals surface area (Å²) in [6.45, 7) is 1.59. The first-order valence-electron chi connectivity index (χ1n) is 7.75. The summed E-state index contributed by atoms with van der Waals surface area (Å²) in [5, 5.41) is 10.5. The van der Waals surface area contributed by atoms with Crippen molar-refractivity contribution in [3.8, 4) is 17.9 Å². The molecule has 5 nitrogen and oxygen atoms in total. The van der Waals surface area contributed by atoms with Crippen molar-refractivity contribution < 1.29 is 17.9 Å². The second-order valence-electron chi connectivity index (χ2n) is 6.07. The third-order valence-corrected chi connectivity index (χ3v) is 5.11. The number of alkyl halides is 3. The minimum absolute atomic E-state index is 0.359. The van der Waals surface area contributed by atoms with Gasteiger partial charge in [-0.25, -0.2) is 9.98 Å². The molecule has 3 rings (SSSR count). The maximum absolute atomic E-state index is 13.1. The lowest BCUT2D eigenvalue weighted by molar-refractivity contribution is -0.208. The molecule has 2 atom stereocenters. The number of aliphatic imine (C=N–C) groups is 1. The van der Waals surface area contributed by atoms with Gasteiger partial charge >= 0.3 is 6.18 Å². The predicted molar refractivity (Wildman–Crippen MR) is 93.8 cm³/mol. The van der Waals surface area contributed by atoms with Gasteiger partial charge in [-0.15, -0.1) is 11.3 Å². The molecule has 0 aromatic carbocycles. The number of nitrogens with zero attached hydrogens (tertiary/aromatic N) is 3. The average molecular weight is 390 g/mol. The largest absolute Gasteiger partial charge is 0.452 e. The molecule has 0 saturated carbocycles. The molecule has 138 valence electrons. The summed E-state index contributed by atoms with van der Waals surface area (Å²) in [6, 6.07) is 6.41. The first-order valence-corrected chi connectivity index (χ1v) is 8.63. The summed E-state index contributed by atoms with van der Waals surface area (Å²) in [7, 11) is 0. The van der Waals surface area contributed by atoms with E-state index in [-0.39, 0.29) is 6.42 Å². The van der Waals surface area contributed by atoms with Crippen LogP contribution in [0.2, 0.25) is 0 Å². The number of thiophene rings is 1. The number of nitrogens with two attached hydrogens (primary N) is 1. The van der Waals surface area contributed by atoms with Crippen molar-refractivity contribution in [2.45, 2.75) is 31.2 Å². The zero-order valence-electron chi connectivity index (χ0n) is 14.0. The van der Waals surface area contributed by atoms with E-state index in [1.807, 2.05) is 6.07 Å². The smallest absolute Gasteiger partial charge is 0.425 e. The lowest BCUT2D eigenvalue weighted by atomic mass is 9.91. The summed E-state index contributed by atoms with van der Waals surface area (Å²) in [4.78, 5) is 8.75. The van der Waals surface area contributed by atoms with Gasteiger partial charge in [0.1, 0.15) is 17.3 Å². The third kappa shape index (κ3) is 4.21. The number of hydrogen-bond acceptors (Lipinski definition) is 6. The number of aromatic nitrogens is 1. The normalized spacial score (nSPS) is 22.0. The van der Waals surface area contributed by atoms with Crippen molar-refractivity contribution in [3.05, 3.63) is 51.5 Å². The Morgan fingerprint density at radius 2 is 2.11 bits per heavy atom. The van der Waals surface area contributed by atoms with E-state index in [0.29, 0.717) is 21.7 Å². The van der Waals surface area contributed by atoms with E-state index in [0.717, 1.165) is 0 Å². The van der Waals surface area contributed by atoms with Crippen LogP contribution in [0.5, 0.6) is 0 Å². The summed E-state index contributed by atoms with van der Waals surface area (Å²) in [6.07, 6.45) is -5.47. The highest BCUT2D eigenvalue weighted by Crippen LogP contribution is 2.41. The molecule has 0 spiro atoms. The van der Waals surface area contributed by atoms with Gasteiger partial charge in [0.05, 0.1) is 5.56 Å². The Balaban J connectivity index is 1.84. The van der Waals surface area contributed by atoms with E-state index in [1.54, 1.807) is 30.5 Å². The molecule has 9 heteroatoms. The van der Waals surface area contributed by atoms with Crippen LogP contribution in [0.4, 0.5) is 13.2 Å². The van der Waals surface area contributed by atoms with Gasteiger partial charge in [0.15, 0.2) is 6.10 Å². The topological polar surface area (TPSA) is 84.3 Å². The molecule has 2 aromatic heterocycles. The number of halogens is 3. The quantitative estimate of drug-likeness (QED) is 0.758. The maximum atomic E-state index is 13.1. The standard InChI is InChI=1S/C18H13F3N4OS/c1-17(7-14(18(19,20)21)26-16(23)25-17)15-6-11(10-27-15)2-4-13-5-3-12(8-22)9-24-13/h3,5-6,9-10,14H,7H2,1H3,(H2,23,25)/t14-,17+/m0/s1. The second-order valence-corrected chi connectivity index (χ2v) is 6.98. The van der Waals surface area contributed by atoms with Crippen molar-refractivity contribution in [1.82, 2.24) is 4.98 Å². The van der Waals surface area contributed by atoms with Crippen molar-refractivity contribution in [2.24, 2.45) is 10.7 Å². The maximum Gasteiger partial charge on any atom is 0.425 e. The zero-order chi connectivity index (χ0) is 19.7. The molecule has 27 heavy (non-hydrogen) atoms. The fraction of sp³-hybridized carbons (Fsp3) is 0.278. The Morgan fingerprint density at radius 1 is 1.33 bits per heavy atom. The molecule has 0 saturated heterocycles. The average Bonchev–Trinajstić information content (AvgIpc) is 3.09. The zero-order valence-corrected chi connectivity index (χ0v) is 14.9. The molecule has 3 heterocycles. The Labute approximate surface area is 157 Å². The van der Waals surface area contributed by atoms with E-state index < -0.39 is 23.8 Å². The summed E-state index contributed by atoms with van der Waals surface area (Å²) in [5.74, 6) is 5.76. The number of pyridine rings is 1. The van der Waals surface area contributed by atoms with Crippen LogP contribution in [0.25, 0.3) is 0 Å². The summed E-state index contributed by atoms with van der Waals surface area (Å²) >= 11 is 1.26. The highest BCUT2D eigenvalue weighted by atomic mass is 32.1. The van der Waals surface area contributed by atoms with E-state index in [9.17, 15) is 13.2 Å². The third-order valence-electron chi connectivity index (χ3n) is 3.93. The van der Waals surface area contributed by atoms with Gasteiger partial charge in [0.2, 0.25) is 0 Å². The molecule has 1 aliphatic rings. The monoisotopic (exact) mass is 390 g/mol. The highest BCUT2D eigenvalue weighted by molar-refractivity contribution is 7.10. The molecular formula is C18H13F3N4OS. The molecule has 0 bridgehead atoms. The van der Waals surface area contributed by atoms with Gasteiger partial charge in [0, 0.05) is 28.4 Å². The highest BCUT2D eigenvalue weighted by Gasteiger charge is 2.49. The minimum atomic E-state index is -4.52. The minimum Gasteiger partial charge on any atom is -0.452 e. The lowest BCUT2D eigenvalue weighted by Crippen LogP contribution is -2.45. The van der Waals surface area contributed by atoms with Crippen molar-refractivity contribution in [2.75, 3.05) is 0 Å². The van der Waals surface area contributed by atoms with E-state index in [1.165, 1.54) is 17.5 Å². The predicted octanol–water partition coefficient (Wildman–Crippen LogP) is 3.30.